The molecule has 2 rings (SSSR count). The molecule has 2 N–H and O–H groups in total. The molecule has 0 fully saturated rings. The molecule has 0 heterocycles. The molecule has 0 bridgehead atoms. The quantitative estimate of drug-likeness (QED) is 0.788. The van der Waals surface area contributed by atoms with Crippen molar-refractivity contribution in [2.45, 2.75) is 32.2 Å². The van der Waals surface area contributed by atoms with Crippen LogP contribution in [0.15, 0.2) is 18.2 Å². The van der Waals surface area contributed by atoms with Gasteiger partial charge in [-0.15, -0.1) is 0 Å². The second kappa shape index (κ2) is 4.67. The van der Waals surface area contributed by atoms with Gasteiger partial charge in [-0.25, -0.2) is 0 Å². The number of likely N-dealkylation sites (N-methyl/N-ethyl adjacent to an activating group) is 1. The van der Waals surface area contributed by atoms with Crippen LogP contribution in [0.3, 0.4) is 0 Å². The summed E-state index contributed by atoms with van der Waals surface area (Å²) in [7, 11) is 2.06. The first-order valence-electron chi connectivity index (χ1n) is 5.87. The van der Waals surface area contributed by atoms with Gasteiger partial charge in [-0.3, -0.25) is 0 Å². The molecule has 2 heteroatoms. The largest absolute Gasteiger partial charge is 0.385 e. The average Bonchev–Trinajstić information content (AvgIpc) is 2.29. The molecule has 0 radical (unpaired) electrons. The van der Waals surface area contributed by atoms with Gasteiger partial charge in [-0.05, 0) is 50.4 Å². The maximum Gasteiger partial charge on any atom is 0.0375 e. The number of benzene rings is 1. The van der Waals surface area contributed by atoms with Gasteiger partial charge in [0, 0.05) is 18.3 Å². The zero-order valence-electron chi connectivity index (χ0n) is 9.64. The van der Waals surface area contributed by atoms with Crippen molar-refractivity contribution < 1.29 is 0 Å². The monoisotopic (exact) mass is 204 g/mol. The van der Waals surface area contributed by atoms with E-state index in [0.29, 0.717) is 6.04 Å². The lowest BCUT2D eigenvalue weighted by molar-refractivity contribution is 0.497. The Kier molecular flexibility index (Phi) is 3.27. The van der Waals surface area contributed by atoms with Crippen molar-refractivity contribution in [2.75, 3.05) is 18.9 Å². The molecule has 1 aliphatic carbocycles. The summed E-state index contributed by atoms with van der Waals surface area (Å²) in [6.45, 7) is 3.15. The molecule has 0 spiro atoms. The van der Waals surface area contributed by atoms with Crippen LogP contribution in [0, 0.1) is 0 Å². The molecule has 0 amide bonds. The third kappa shape index (κ3) is 2.15. The van der Waals surface area contributed by atoms with Crippen LogP contribution in [0.2, 0.25) is 0 Å². The SMILES string of the molecule is CCNc1cccc2c1CC(NC)CC2. The van der Waals surface area contributed by atoms with E-state index >= 15 is 0 Å². The van der Waals surface area contributed by atoms with E-state index in [2.05, 4.69) is 42.8 Å². The highest BCUT2D eigenvalue weighted by molar-refractivity contribution is 5.56. The smallest absolute Gasteiger partial charge is 0.0375 e. The van der Waals surface area contributed by atoms with Crippen LogP contribution in [-0.4, -0.2) is 19.6 Å². The van der Waals surface area contributed by atoms with Crippen LogP contribution < -0.4 is 10.6 Å². The van der Waals surface area contributed by atoms with Crippen molar-refractivity contribution in [1.29, 1.82) is 0 Å². The van der Waals surface area contributed by atoms with Crippen LogP contribution in [0.5, 0.6) is 0 Å². The van der Waals surface area contributed by atoms with E-state index in [9.17, 15) is 0 Å². The van der Waals surface area contributed by atoms with Crippen LogP contribution in [0.1, 0.15) is 24.5 Å². The second-order valence-corrected chi connectivity index (χ2v) is 4.20. The van der Waals surface area contributed by atoms with Crippen LogP contribution >= 0.6 is 0 Å². The van der Waals surface area contributed by atoms with Gasteiger partial charge in [0.15, 0.2) is 0 Å². The Hall–Kier alpha value is -1.02. The highest BCUT2D eigenvalue weighted by Crippen LogP contribution is 2.27. The van der Waals surface area contributed by atoms with Crippen molar-refractivity contribution in [2.24, 2.45) is 0 Å². The molecule has 0 saturated heterocycles. The number of hydrogen-bond acceptors (Lipinski definition) is 2. The minimum atomic E-state index is 0.650. The average molecular weight is 204 g/mol. The molecule has 1 aromatic rings. The summed E-state index contributed by atoms with van der Waals surface area (Å²) >= 11 is 0. The molecule has 1 aromatic carbocycles. The number of nitrogens with one attached hydrogen (secondary N) is 2. The number of anilines is 1. The maximum atomic E-state index is 3.45. The van der Waals surface area contributed by atoms with E-state index in [1.54, 1.807) is 0 Å². The Labute approximate surface area is 92.1 Å². The Balaban J connectivity index is 2.28. The molecule has 82 valence electrons. The van der Waals surface area contributed by atoms with Gasteiger partial charge in [-0.2, -0.15) is 0 Å². The van der Waals surface area contributed by atoms with E-state index in [-0.39, 0.29) is 0 Å². The zero-order chi connectivity index (χ0) is 10.7. The predicted molar refractivity (Wildman–Crippen MR) is 65.5 cm³/mol. The third-order valence-corrected chi connectivity index (χ3v) is 3.26. The van der Waals surface area contributed by atoms with Crippen LogP contribution in [0.4, 0.5) is 5.69 Å². The summed E-state index contributed by atoms with van der Waals surface area (Å²) < 4.78 is 0. The predicted octanol–water partition coefficient (Wildman–Crippen LogP) is 2.20. The van der Waals surface area contributed by atoms with Gasteiger partial charge in [-0.1, -0.05) is 12.1 Å². The van der Waals surface area contributed by atoms with E-state index in [0.717, 1.165) is 13.0 Å². The highest BCUT2D eigenvalue weighted by atomic mass is 14.9. The zero-order valence-corrected chi connectivity index (χ0v) is 9.64. The molecule has 2 nitrogen and oxygen atoms in total. The molecule has 1 atom stereocenters. The topological polar surface area (TPSA) is 24.1 Å². The fourth-order valence-corrected chi connectivity index (χ4v) is 2.39. The number of rotatable bonds is 3. The summed E-state index contributed by atoms with van der Waals surface area (Å²) in [6, 6.07) is 7.27. The third-order valence-electron chi connectivity index (χ3n) is 3.26. The van der Waals surface area contributed by atoms with E-state index < -0.39 is 0 Å². The maximum absolute atomic E-state index is 3.45. The lowest BCUT2D eigenvalue weighted by Gasteiger charge is -2.26. The van der Waals surface area contributed by atoms with E-state index in [4.69, 9.17) is 0 Å². The van der Waals surface area contributed by atoms with Crippen molar-refractivity contribution in [3.8, 4) is 0 Å². The van der Waals surface area contributed by atoms with Crippen molar-refractivity contribution in [3.05, 3.63) is 29.3 Å². The molecular weight excluding hydrogens is 184 g/mol. The summed E-state index contributed by atoms with van der Waals surface area (Å²) in [4.78, 5) is 0. The Morgan fingerprint density at radius 3 is 3.00 bits per heavy atom. The lowest BCUT2D eigenvalue weighted by Crippen LogP contribution is -2.32. The first-order chi connectivity index (χ1) is 7.35. The number of fused-ring (bicyclic) bond motifs is 1. The molecule has 0 aromatic heterocycles. The summed E-state index contributed by atoms with van der Waals surface area (Å²) in [6.07, 6.45) is 3.63. The summed E-state index contributed by atoms with van der Waals surface area (Å²) in [5.74, 6) is 0. The fraction of sp³-hybridized carbons (Fsp3) is 0.538. The van der Waals surface area contributed by atoms with Crippen molar-refractivity contribution in [1.82, 2.24) is 5.32 Å². The van der Waals surface area contributed by atoms with Gasteiger partial charge in [0.25, 0.3) is 0 Å². The van der Waals surface area contributed by atoms with E-state index in [1.165, 1.54) is 29.7 Å². The second-order valence-electron chi connectivity index (χ2n) is 4.20. The van der Waals surface area contributed by atoms with Gasteiger partial charge in [0.1, 0.15) is 0 Å². The summed E-state index contributed by atoms with van der Waals surface area (Å²) in [5, 5.41) is 6.84. The minimum Gasteiger partial charge on any atom is -0.385 e. The van der Waals surface area contributed by atoms with Gasteiger partial charge < -0.3 is 10.6 Å². The lowest BCUT2D eigenvalue weighted by atomic mass is 9.87. The van der Waals surface area contributed by atoms with Crippen LogP contribution in [0.25, 0.3) is 0 Å². The first kappa shape index (κ1) is 10.5. The van der Waals surface area contributed by atoms with Crippen molar-refractivity contribution in [3.63, 3.8) is 0 Å². The van der Waals surface area contributed by atoms with Crippen molar-refractivity contribution >= 4 is 5.69 Å². The Morgan fingerprint density at radius 2 is 2.27 bits per heavy atom. The van der Waals surface area contributed by atoms with E-state index in [1.807, 2.05) is 0 Å². The molecule has 15 heavy (non-hydrogen) atoms. The first-order valence-corrected chi connectivity index (χ1v) is 5.87. The number of aryl methyl sites for hydroxylation is 1. The normalized spacial score (nSPS) is 19.7. The fourth-order valence-electron chi connectivity index (χ4n) is 2.39. The molecule has 0 aliphatic heterocycles. The molecular formula is C13H20N2. The van der Waals surface area contributed by atoms with Crippen LogP contribution in [-0.2, 0) is 12.8 Å². The van der Waals surface area contributed by atoms with Gasteiger partial charge >= 0.3 is 0 Å². The van der Waals surface area contributed by atoms with Gasteiger partial charge in [0.2, 0.25) is 0 Å². The number of hydrogen-bond donors (Lipinski definition) is 2. The highest BCUT2D eigenvalue weighted by Gasteiger charge is 2.19. The standard InChI is InChI=1S/C13H20N2/c1-3-15-13-6-4-5-10-7-8-11(14-2)9-12(10)13/h4-6,11,14-15H,3,7-9H2,1-2H3. The van der Waals surface area contributed by atoms with Gasteiger partial charge in [0.05, 0.1) is 0 Å². The minimum absolute atomic E-state index is 0.650. The Bertz CT molecular complexity index is 333. The molecule has 1 aliphatic rings. The molecule has 1 unspecified atom stereocenters. The summed E-state index contributed by atoms with van der Waals surface area (Å²) in [5.41, 5.74) is 4.37. The molecule has 0 saturated carbocycles. The Morgan fingerprint density at radius 1 is 1.40 bits per heavy atom.